The second-order valence-corrected chi connectivity index (χ2v) is 8.76. The Morgan fingerprint density at radius 3 is 2.36 bits per heavy atom. The number of nitro benzene ring substituents is 1. The van der Waals surface area contributed by atoms with Gasteiger partial charge >= 0.3 is 0 Å². The first-order valence-electron chi connectivity index (χ1n) is 10.2. The molecule has 0 saturated carbocycles. The fourth-order valence-corrected chi connectivity index (χ4v) is 4.49. The van der Waals surface area contributed by atoms with E-state index in [2.05, 4.69) is 10.0 Å². The lowest BCUT2D eigenvalue weighted by atomic mass is 10.1. The van der Waals surface area contributed by atoms with Gasteiger partial charge in [-0.25, -0.2) is 8.42 Å². The summed E-state index contributed by atoms with van der Waals surface area (Å²) >= 11 is 0. The molecule has 0 bridgehead atoms. The van der Waals surface area contributed by atoms with E-state index in [1.165, 1.54) is 19.2 Å². The van der Waals surface area contributed by atoms with Crippen molar-refractivity contribution in [3.63, 3.8) is 0 Å². The molecule has 3 rings (SSSR count). The Morgan fingerprint density at radius 2 is 1.73 bits per heavy atom. The third kappa shape index (κ3) is 5.72. The maximum Gasteiger partial charge on any atom is 0.270 e. The van der Waals surface area contributed by atoms with Crippen molar-refractivity contribution in [3.8, 4) is 11.5 Å². The summed E-state index contributed by atoms with van der Waals surface area (Å²) in [5, 5.41) is 14.5. The van der Waals surface area contributed by atoms with E-state index in [4.69, 9.17) is 9.47 Å². The van der Waals surface area contributed by atoms with Crippen molar-refractivity contribution in [2.24, 2.45) is 0 Å². The standard InChI is InChI=1S/C23H25N3O6S/c1-4-32-19-12-9-17(10-13-19)16(2)24-21-14-11-18(26(27)28)15-23(21)33(29,30)25-20-7-5-6-8-22(20)31-3/h5-16,24-25H,4H2,1-3H3. The normalized spacial score (nSPS) is 12.0. The molecule has 0 heterocycles. The molecule has 33 heavy (non-hydrogen) atoms. The lowest BCUT2D eigenvalue weighted by Crippen LogP contribution is -2.17. The lowest BCUT2D eigenvalue weighted by Gasteiger charge is -2.19. The summed E-state index contributed by atoms with van der Waals surface area (Å²) in [6.07, 6.45) is 0. The van der Waals surface area contributed by atoms with Crippen molar-refractivity contribution in [1.29, 1.82) is 0 Å². The number of ether oxygens (including phenoxy) is 2. The van der Waals surface area contributed by atoms with Crippen LogP contribution < -0.4 is 19.5 Å². The van der Waals surface area contributed by atoms with Crippen LogP contribution in [0, 0.1) is 10.1 Å². The number of benzene rings is 3. The van der Waals surface area contributed by atoms with E-state index < -0.39 is 14.9 Å². The number of nitrogens with one attached hydrogen (secondary N) is 2. The van der Waals surface area contributed by atoms with Crippen molar-refractivity contribution in [2.75, 3.05) is 23.8 Å². The van der Waals surface area contributed by atoms with Gasteiger partial charge in [0.05, 0.1) is 30.0 Å². The second kappa shape index (κ2) is 10.2. The van der Waals surface area contributed by atoms with Crippen LogP contribution in [0.5, 0.6) is 11.5 Å². The topological polar surface area (TPSA) is 120 Å². The highest BCUT2D eigenvalue weighted by atomic mass is 32.2. The zero-order chi connectivity index (χ0) is 24.0. The van der Waals surface area contributed by atoms with Crippen LogP contribution in [0.3, 0.4) is 0 Å². The first kappa shape index (κ1) is 23.9. The Labute approximate surface area is 192 Å². The summed E-state index contributed by atoms with van der Waals surface area (Å²) < 4.78 is 39.6. The van der Waals surface area contributed by atoms with Crippen LogP contribution in [0.2, 0.25) is 0 Å². The maximum atomic E-state index is 13.3. The lowest BCUT2D eigenvalue weighted by molar-refractivity contribution is -0.385. The largest absolute Gasteiger partial charge is 0.495 e. The van der Waals surface area contributed by atoms with Crippen molar-refractivity contribution in [3.05, 3.63) is 82.4 Å². The van der Waals surface area contributed by atoms with Crippen LogP contribution >= 0.6 is 0 Å². The van der Waals surface area contributed by atoms with Crippen molar-refractivity contribution < 1.29 is 22.8 Å². The van der Waals surface area contributed by atoms with Crippen molar-refractivity contribution in [1.82, 2.24) is 0 Å². The van der Waals surface area contributed by atoms with Crippen LogP contribution in [0.1, 0.15) is 25.5 Å². The number of anilines is 2. The van der Waals surface area contributed by atoms with Gasteiger partial charge in [0, 0.05) is 18.2 Å². The molecule has 0 amide bonds. The first-order valence-corrected chi connectivity index (χ1v) is 11.7. The van der Waals surface area contributed by atoms with E-state index >= 15 is 0 Å². The van der Waals surface area contributed by atoms with Gasteiger partial charge in [-0.1, -0.05) is 24.3 Å². The maximum absolute atomic E-state index is 13.3. The average molecular weight is 472 g/mol. The molecule has 3 aromatic carbocycles. The Hall–Kier alpha value is -3.79. The predicted molar refractivity (Wildman–Crippen MR) is 127 cm³/mol. The van der Waals surface area contributed by atoms with Gasteiger partial charge in [0.2, 0.25) is 0 Å². The minimum absolute atomic E-state index is 0.219. The quantitative estimate of drug-likeness (QED) is 0.316. The molecular weight excluding hydrogens is 446 g/mol. The molecule has 0 fully saturated rings. The molecule has 3 aromatic rings. The Balaban J connectivity index is 1.96. The van der Waals surface area contributed by atoms with Gasteiger partial charge in [-0.3, -0.25) is 14.8 Å². The van der Waals surface area contributed by atoms with Gasteiger partial charge in [-0.2, -0.15) is 0 Å². The summed E-state index contributed by atoms with van der Waals surface area (Å²) in [6.45, 7) is 4.31. The molecule has 0 aromatic heterocycles. The highest BCUT2D eigenvalue weighted by Gasteiger charge is 2.24. The van der Waals surface area contributed by atoms with E-state index in [0.29, 0.717) is 12.4 Å². The van der Waals surface area contributed by atoms with Gasteiger partial charge in [-0.05, 0) is 49.7 Å². The number of nitrogens with zero attached hydrogens (tertiary/aromatic N) is 1. The fraction of sp³-hybridized carbons (Fsp3) is 0.217. The summed E-state index contributed by atoms with van der Waals surface area (Å²) in [7, 11) is -2.77. The number of sulfonamides is 1. The van der Waals surface area contributed by atoms with E-state index in [0.717, 1.165) is 17.4 Å². The third-order valence-corrected chi connectivity index (χ3v) is 6.29. The number of nitro groups is 1. The van der Waals surface area contributed by atoms with E-state index in [1.54, 1.807) is 24.3 Å². The van der Waals surface area contributed by atoms with Crippen LogP contribution in [0.4, 0.5) is 17.1 Å². The second-order valence-electron chi connectivity index (χ2n) is 7.11. The van der Waals surface area contributed by atoms with E-state index in [1.807, 2.05) is 38.1 Å². The molecule has 174 valence electrons. The van der Waals surface area contributed by atoms with Gasteiger partial charge in [0.15, 0.2) is 0 Å². The molecule has 0 aliphatic rings. The van der Waals surface area contributed by atoms with E-state index in [-0.39, 0.29) is 28.0 Å². The number of hydrogen-bond donors (Lipinski definition) is 2. The molecule has 0 spiro atoms. The predicted octanol–water partition coefficient (Wildman–Crippen LogP) is 4.98. The Kier molecular flexibility index (Phi) is 7.39. The number of para-hydroxylation sites is 2. The van der Waals surface area contributed by atoms with Crippen LogP contribution in [-0.4, -0.2) is 27.1 Å². The molecular formula is C23H25N3O6S. The minimum atomic E-state index is -4.19. The monoisotopic (exact) mass is 471 g/mol. The van der Waals surface area contributed by atoms with Crippen LogP contribution in [0.15, 0.2) is 71.6 Å². The van der Waals surface area contributed by atoms with Crippen molar-refractivity contribution in [2.45, 2.75) is 24.8 Å². The molecule has 0 radical (unpaired) electrons. The first-order chi connectivity index (χ1) is 15.7. The van der Waals surface area contributed by atoms with Gasteiger partial charge in [0.1, 0.15) is 16.4 Å². The Bertz CT molecular complexity index is 1230. The third-order valence-electron chi connectivity index (χ3n) is 4.88. The molecule has 0 saturated heterocycles. The van der Waals surface area contributed by atoms with Crippen LogP contribution in [0.25, 0.3) is 0 Å². The smallest absolute Gasteiger partial charge is 0.270 e. The molecule has 10 heteroatoms. The zero-order valence-electron chi connectivity index (χ0n) is 18.4. The van der Waals surface area contributed by atoms with Gasteiger partial charge < -0.3 is 14.8 Å². The summed E-state index contributed by atoms with van der Waals surface area (Å²) in [5.41, 5.74) is 0.994. The summed E-state index contributed by atoms with van der Waals surface area (Å²) in [5.74, 6) is 1.05. The average Bonchev–Trinajstić information content (AvgIpc) is 2.80. The highest BCUT2D eigenvalue weighted by Crippen LogP contribution is 2.33. The Morgan fingerprint density at radius 1 is 1.03 bits per heavy atom. The number of rotatable bonds is 10. The summed E-state index contributed by atoms with van der Waals surface area (Å²) in [6, 6.07) is 17.3. The zero-order valence-corrected chi connectivity index (χ0v) is 19.3. The molecule has 2 N–H and O–H groups in total. The van der Waals surface area contributed by atoms with Gasteiger partial charge in [0.25, 0.3) is 15.7 Å². The number of methoxy groups -OCH3 is 1. The molecule has 0 aliphatic heterocycles. The van der Waals surface area contributed by atoms with E-state index in [9.17, 15) is 18.5 Å². The summed E-state index contributed by atoms with van der Waals surface area (Å²) in [4.78, 5) is 10.4. The SMILES string of the molecule is CCOc1ccc(C(C)Nc2ccc([N+](=O)[O-])cc2S(=O)(=O)Nc2ccccc2OC)cc1. The van der Waals surface area contributed by atoms with Crippen molar-refractivity contribution >= 4 is 27.1 Å². The van der Waals surface area contributed by atoms with Gasteiger partial charge in [-0.15, -0.1) is 0 Å². The number of non-ortho nitro benzene ring substituents is 1. The molecule has 0 aliphatic carbocycles. The molecule has 1 unspecified atom stereocenters. The minimum Gasteiger partial charge on any atom is -0.495 e. The fourth-order valence-electron chi connectivity index (χ4n) is 3.23. The number of hydrogen-bond acceptors (Lipinski definition) is 7. The molecule has 1 atom stereocenters. The highest BCUT2D eigenvalue weighted by molar-refractivity contribution is 7.93. The van der Waals surface area contributed by atoms with Crippen LogP contribution in [-0.2, 0) is 10.0 Å². The molecule has 9 nitrogen and oxygen atoms in total.